The average molecular weight is 233 g/mol. The van der Waals surface area contributed by atoms with E-state index in [4.69, 9.17) is 5.21 Å². The average Bonchev–Trinajstić information content (AvgIpc) is 2.74. The van der Waals surface area contributed by atoms with Crippen molar-refractivity contribution in [3.8, 4) is 0 Å². The fraction of sp³-hybridized carbons (Fsp3) is 0.357. The van der Waals surface area contributed by atoms with E-state index in [1.807, 2.05) is 0 Å². The number of hydrogen-bond donors (Lipinski definition) is 1. The molecule has 0 heterocycles. The highest BCUT2D eigenvalue weighted by molar-refractivity contribution is 6.26. The Morgan fingerprint density at radius 2 is 1.94 bits per heavy atom. The summed E-state index contributed by atoms with van der Waals surface area (Å²) in [4.78, 5) is 0. The molecule has 0 fully saturated rings. The molecule has 0 aromatic heterocycles. The molecule has 0 saturated carbocycles. The lowest BCUT2D eigenvalue weighted by Gasteiger charge is -2.07. The van der Waals surface area contributed by atoms with E-state index in [2.05, 4.69) is 12.1 Å². The predicted octanol–water partition coefficient (Wildman–Crippen LogP) is 4.00. The second kappa shape index (κ2) is 5.13. The van der Waals surface area contributed by atoms with Crippen LogP contribution in [0.15, 0.2) is 35.0 Å². The molecule has 0 spiro atoms. The summed E-state index contributed by atoms with van der Waals surface area (Å²) in [7, 11) is 0. The SMILES string of the molecule is CCCC1=C(c2ccc(F)cc2)C(=NO)CC1. The van der Waals surface area contributed by atoms with Crippen molar-refractivity contribution in [3.63, 3.8) is 0 Å². The number of rotatable bonds is 3. The van der Waals surface area contributed by atoms with Crippen LogP contribution >= 0.6 is 0 Å². The molecule has 0 radical (unpaired) electrons. The molecule has 17 heavy (non-hydrogen) atoms. The molecule has 0 atom stereocenters. The summed E-state index contributed by atoms with van der Waals surface area (Å²) in [5, 5.41) is 12.4. The van der Waals surface area contributed by atoms with Crippen LogP contribution in [0.4, 0.5) is 4.39 Å². The molecule has 0 saturated heterocycles. The fourth-order valence-corrected chi connectivity index (χ4v) is 2.36. The van der Waals surface area contributed by atoms with Crippen molar-refractivity contribution in [1.82, 2.24) is 0 Å². The molecule has 90 valence electrons. The third-order valence-corrected chi connectivity index (χ3v) is 3.11. The largest absolute Gasteiger partial charge is 0.411 e. The first-order valence-electron chi connectivity index (χ1n) is 5.95. The van der Waals surface area contributed by atoms with Crippen LogP contribution in [0.1, 0.15) is 38.2 Å². The Morgan fingerprint density at radius 3 is 2.53 bits per heavy atom. The highest BCUT2D eigenvalue weighted by Crippen LogP contribution is 2.34. The zero-order chi connectivity index (χ0) is 12.3. The standard InChI is InChI=1S/C14H16FNO/c1-2-3-10-6-9-13(16-17)14(10)11-4-7-12(15)8-5-11/h4-5,7-8,17H,2-3,6,9H2,1H3. The first-order valence-corrected chi connectivity index (χ1v) is 5.95. The number of benzene rings is 1. The molecule has 1 aliphatic rings. The molecule has 1 aromatic rings. The quantitative estimate of drug-likeness (QED) is 0.621. The van der Waals surface area contributed by atoms with E-state index in [0.717, 1.165) is 42.5 Å². The second-order valence-electron chi connectivity index (χ2n) is 4.28. The highest BCUT2D eigenvalue weighted by Gasteiger charge is 2.22. The van der Waals surface area contributed by atoms with Gasteiger partial charge in [0.25, 0.3) is 0 Å². The third-order valence-electron chi connectivity index (χ3n) is 3.11. The zero-order valence-corrected chi connectivity index (χ0v) is 9.91. The van der Waals surface area contributed by atoms with Gasteiger partial charge in [-0.05, 0) is 37.0 Å². The molecule has 2 rings (SSSR count). The zero-order valence-electron chi connectivity index (χ0n) is 9.91. The second-order valence-corrected chi connectivity index (χ2v) is 4.28. The van der Waals surface area contributed by atoms with Crippen LogP contribution in [0.5, 0.6) is 0 Å². The van der Waals surface area contributed by atoms with Gasteiger partial charge in [0.2, 0.25) is 0 Å². The Labute approximate surface area is 100 Å². The number of halogens is 1. The number of nitrogens with zero attached hydrogens (tertiary/aromatic N) is 1. The van der Waals surface area contributed by atoms with Crippen molar-refractivity contribution in [2.45, 2.75) is 32.6 Å². The first kappa shape index (κ1) is 11.8. The van der Waals surface area contributed by atoms with E-state index in [9.17, 15) is 4.39 Å². The van der Waals surface area contributed by atoms with Crippen LogP contribution < -0.4 is 0 Å². The maximum absolute atomic E-state index is 12.9. The third kappa shape index (κ3) is 2.38. The summed E-state index contributed by atoms with van der Waals surface area (Å²) in [6.07, 6.45) is 3.79. The smallest absolute Gasteiger partial charge is 0.123 e. The minimum Gasteiger partial charge on any atom is -0.411 e. The lowest BCUT2D eigenvalue weighted by atomic mass is 9.99. The number of oxime groups is 1. The summed E-state index contributed by atoms with van der Waals surface area (Å²) in [6.45, 7) is 2.13. The minimum atomic E-state index is -0.244. The monoisotopic (exact) mass is 233 g/mol. The van der Waals surface area contributed by atoms with Crippen LogP contribution in [0.3, 0.4) is 0 Å². The Balaban J connectivity index is 2.43. The molecular weight excluding hydrogens is 217 g/mol. The van der Waals surface area contributed by atoms with Gasteiger partial charge in [-0.1, -0.05) is 36.2 Å². The summed E-state index contributed by atoms with van der Waals surface area (Å²) < 4.78 is 12.9. The summed E-state index contributed by atoms with van der Waals surface area (Å²) in [6, 6.07) is 6.38. The van der Waals surface area contributed by atoms with Gasteiger partial charge in [0, 0.05) is 5.57 Å². The van der Waals surface area contributed by atoms with Crippen molar-refractivity contribution in [3.05, 3.63) is 41.2 Å². The molecule has 0 bridgehead atoms. The van der Waals surface area contributed by atoms with Crippen LogP contribution in [0.25, 0.3) is 5.57 Å². The highest BCUT2D eigenvalue weighted by atomic mass is 19.1. The molecular formula is C14H16FNO. The minimum absolute atomic E-state index is 0.244. The lowest BCUT2D eigenvalue weighted by Crippen LogP contribution is -1.97. The van der Waals surface area contributed by atoms with Gasteiger partial charge >= 0.3 is 0 Å². The van der Waals surface area contributed by atoms with Gasteiger partial charge in [0.05, 0.1) is 5.71 Å². The van der Waals surface area contributed by atoms with Gasteiger partial charge in [0.15, 0.2) is 0 Å². The molecule has 2 nitrogen and oxygen atoms in total. The lowest BCUT2D eigenvalue weighted by molar-refractivity contribution is 0.319. The van der Waals surface area contributed by atoms with Crippen LogP contribution in [-0.4, -0.2) is 10.9 Å². The van der Waals surface area contributed by atoms with Crippen molar-refractivity contribution < 1.29 is 9.60 Å². The molecule has 1 aliphatic carbocycles. The van der Waals surface area contributed by atoms with E-state index in [1.54, 1.807) is 12.1 Å². The summed E-state index contributed by atoms with van der Waals surface area (Å²) in [5.41, 5.74) is 3.99. The van der Waals surface area contributed by atoms with Crippen molar-refractivity contribution in [2.75, 3.05) is 0 Å². The Bertz CT molecular complexity index is 460. The van der Waals surface area contributed by atoms with Crippen molar-refractivity contribution in [1.29, 1.82) is 0 Å². The van der Waals surface area contributed by atoms with E-state index < -0.39 is 0 Å². The molecule has 0 aliphatic heterocycles. The molecule has 0 unspecified atom stereocenters. The topological polar surface area (TPSA) is 32.6 Å². The van der Waals surface area contributed by atoms with Gasteiger partial charge in [0.1, 0.15) is 5.82 Å². The Kier molecular flexibility index (Phi) is 3.57. The Hall–Kier alpha value is -1.64. The van der Waals surface area contributed by atoms with E-state index >= 15 is 0 Å². The van der Waals surface area contributed by atoms with Crippen LogP contribution in [0.2, 0.25) is 0 Å². The maximum atomic E-state index is 12.9. The van der Waals surface area contributed by atoms with Gasteiger partial charge in [-0.2, -0.15) is 0 Å². The van der Waals surface area contributed by atoms with Crippen LogP contribution in [0, 0.1) is 5.82 Å². The van der Waals surface area contributed by atoms with E-state index in [0.29, 0.717) is 0 Å². The predicted molar refractivity (Wildman–Crippen MR) is 66.7 cm³/mol. The fourth-order valence-electron chi connectivity index (χ4n) is 2.36. The molecule has 1 N–H and O–H groups in total. The van der Waals surface area contributed by atoms with Crippen molar-refractivity contribution in [2.24, 2.45) is 5.16 Å². The van der Waals surface area contributed by atoms with Crippen LogP contribution in [-0.2, 0) is 0 Å². The van der Waals surface area contributed by atoms with Gasteiger partial charge in [-0.3, -0.25) is 0 Å². The van der Waals surface area contributed by atoms with Gasteiger partial charge in [-0.25, -0.2) is 4.39 Å². The number of hydrogen-bond acceptors (Lipinski definition) is 2. The van der Waals surface area contributed by atoms with E-state index in [1.165, 1.54) is 17.7 Å². The molecule has 0 amide bonds. The van der Waals surface area contributed by atoms with E-state index in [-0.39, 0.29) is 5.82 Å². The number of allylic oxidation sites excluding steroid dienone is 2. The summed E-state index contributed by atoms with van der Waals surface area (Å²) in [5.74, 6) is -0.244. The van der Waals surface area contributed by atoms with Gasteiger partial charge < -0.3 is 5.21 Å². The normalized spacial score (nSPS) is 18.1. The summed E-state index contributed by atoms with van der Waals surface area (Å²) >= 11 is 0. The first-order chi connectivity index (χ1) is 8.26. The van der Waals surface area contributed by atoms with Gasteiger partial charge in [-0.15, -0.1) is 0 Å². The maximum Gasteiger partial charge on any atom is 0.123 e. The molecule has 1 aromatic carbocycles. The van der Waals surface area contributed by atoms with Crippen molar-refractivity contribution >= 4 is 11.3 Å². The molecule has 3 heteroatoms. The Morgan fingerprint density at radius 1 is 1.24 bits per heavy atom.